The molecule has 0 aromatic heterocycles. The molecule has 1 N–H and O–H groups in total. The number of allylic oxidation sites excluding steroid dienone is 3. The summed E-state index contributed by atoms with van der Waals surface area (Å²) in [4.78, 5) is 0. The highest BCUT2D eigenvalue weighted by molar-refractivity contribution is 5.21. The Balaban J connectivity index is 2.51. The van der Waals surface area contributed by atoms with E-state index in [2.05, 4.69) is 0 Å². The van der Waals surface area contributed by atoms with E-state index < -0.39 is 6.30 Å². The largest absolute Gasteiger partial charge is 0.482 e. The van der Waals surface area contributed by atoms with Crippen LogP contribution in [-0.4, -0.2) is 6.30 Å². The number of nitrogens with one attached hydrogen (secondary N) is 1. The summed E-state index contributed by atoms with van der Waals surface area (Å²) in [6, 6.07) is 0. The van der Waals surface area contributed by atoms with E-state index >= 15 is 0 Å². The van der Waals surface area contributed by atoms with Gasteiger partial charge in [0.05, 0.1) is 0 Å². The molecule has 0 bridgehead atoms. The number of rotatable bonds is 1. The van der Waals surface area contributed by atoms with Gasteiger partial charge in [-0.15, -0.1) is 0 Å². The van der Waals surface area contributed by atoms with E-state index in [0.717, 1.165) is 0 Å². The monoisotopic (exact) mass is 177 g/mol. The minimum Gasteiger partial charge on any atom is -0.298 e. The van der Waals surface area contributed by atoms with E-state index in [-0.39, 0.29) is 5.70 Å². The highest BCUT2D eigenvalue weighted by Crippen LogP contribution is 2.18. The molecule has 1 atom stereocenters. The Labute approximate surface area is 69.0 Å². The highest BCUT2D eigenvalue weighted by atomic mass is 19.4. The molecule has 68 valence electrons. The van der Waals surface area contributed by atoms with Gasteiger partial charge in [0, 0.05) is 5.70 Å². The molecule has 0 amide bonds. The van der Waals surface area contributed by atoms with Crippen molar-refractivity contribution in [3.05, 3.63) is 23.9 Å². The summed E-state index contributed by atoms with van der Waals surface area (Å²) >= 11 is 0. The van der Waals surface area contributed by atoms with Crippen molar-refractivity contribution in [3.8, 4) is 0 Å². The number of hydrogen-bond donors (Lipinski definition) is 1. The van der Waals surface area contributed by atoms with Crippen LogP contribution in [0.3, 0.4) is 0 Å². The number of halogens is 3. The lowest BCUT2D eigenvalue weighted by molar-refractivity contribution is -0.148. The Kier molecular flexibility index (Phi) is 2.45. The molecule has 1 rings (SSSR count). The third-order valence-corrected chi connectivity index (χ3v) is 1.60. The molecule has 0 saturated heterocycles. The Morgan fingerprint density at radius 1 is 1.50 bits per heavy atom. The van der Waals surface area contributed by atoms with Gasteiger partial charge in [-0.2, -0.15) is 13.2 Å². The van der Waals surface area contributed by atoms with Crippen molar-refractivity contribution in [1.29, 1.82) is 0 Å². The summed E-state index contributed by atoms with van der Waals surface area (Å²) in [7, 11) is 0. The average molecular weight is 177 g/mol. The second-order valence-corrected chi connectivity index (χ2v) is 2.85. The lowest BCUT2D eigenvalue weighted by atomic mass is 10.0. The predicted octanol–water partition coefficient (Wildman–Crippen LogP) is 2.58. The third-order valence-electron chi connectivity index (χ3n) is 1.60. The molecule has 0 aliphatic heterocycles. The fourth-order valence-electron chi connectivity index (χ4n) is 0.984. The van der Waals surface area contributed by atoms with Crippen molar-refractivity contribution in [2.24, 2.45) is 5.92 Å². The molecule has 4 heteroatoms. The number of hydrogen-bond acceptors (Lipinski definition) is 1. The van der Waals surface area contributed by atoms with Crippen LogP contribution in [0.25, 0.3) is 0 Å². The minimum absolute atomic E-state index is 0.139. The summed E-state index contributed by atoms with van der Waals surface area (Å²) < 4.78 is 35.3. The van der Waals surface area contributed by atoms with Gasteiger partial charge < -0.3 is 0 Å². The zero-order chi connectivity index (χ0) is 9.19. The molecular weight excluding hydrogens is 167 g/mol. The summed E-state index contributed by atoms with van der Waals surface area (Å²) in [5, 5.41) is 1.45. The molecular formula is C8H10F3N. The predicted molar refractivity (Wildman–Crippen MR) is 40.2 cm³/mol. The molecule has 12 heavy (non-hydrogen) atoms. The van der Waals surface area contributed by atoms with E-state index in [1.165, 1.54) is 11.4 Å². The van der Waals surface area contributed by atoms with Crippen LogP contribution < -0.4 is 5.32 Å². The maximum Gasteiger partial charge on any atom is 0.482 e. The van der Waals surface area contributed by atoms with Crippen LogP contribution in [0.5, 0.6) is 0 Å². The van der Waals surface area contributed by atoms with Gasteiger partial charge in [0.2, 0.25) is 0 Å². The highest BCUT2D eigenvalue weighted by Gasteiger charge is 2.27. The molecule has 1 unspecified atom stereocenters. The van der Waals surface area contributed by atoms with E-state index in [1.54, 1.807) is 12.2 Å². The summed E-state index contributed by atoms with van der Waals surface area (Å²) in [6.45, 7) is 1.96. The van der Waals surface area contributed by atoms with E-state index in [9.17, 15) is 13.2 Å². The van der Waals surface area contributed by atoms with Crippen LogP contribution in [0.4, 0.5) is 13.2 Å². The number of alkyl halides is 3. The van der Waals surface area contributed by atoms with Gasteiger partial charge in [-0.3, -0.25) is 5.32 Å². The molecule has 0 saturated carbocycles. The first-order chi connectivity index (χ1) is 5.47. The van der Waals surface area contributed by atoms with Gasteiger partial charge in [-0.05, 0) is 18.4 Å². The van der Waals surface area contributed by atoms with Crippen molar-refractivity contribution in [1.82, 2.24) is 5.32 Å². The zero-order valence-electron chi connectivity index (χ0n) is 6.65. The SMILES string of the molecule is CC1C=CC(NC(F)(F)F)=CC1. The second-order valence-electron chi connectivity index (χ2n) is 2.85. The topological polar surface area (TPSA) is 12.0 Å². The molecule has 1 nitrogen and oxygen atoms in total. The van der Waals surface area contributed by atoms with Crippen LogP contribution >= 0.6 is 0 Å². The molecule has 1 aliphatic carbocycles. The Morgan fingerprint density at radius 2 is 2.17 bits per heavy atom. The first-order valence-electron chi connectivity index (χ1n) is 3.70. The molecule has 0 radical (unpaired) electrons. The van der Waals surface area contributed by atoms with Crippen molar-refractivity contribution in [2.45, 2.75) is 19.6 Å². The summed E-state index contributed by atoms with van der Waals surface area (Å²) in [5.41, 5.74) is 0.139. The van der Waals surface area contributed by atoms with Crippen molar-refractivity contribution < 1.29 is 13.2 Å². The molecule has 0 heterocycles. The fraction of sp³-hybridized carbons (Fsp3) is 0.500. The third kappa shape index (κ3) is 2.98. The molecule has 1 aliphatic rings. The molecule has 0 spiro atoms. The average Bonchev–Trinajstić information content (AvgIpc) is 1.91. The summed E-state index contributed by atoms with van der Waals surface area (Å²) in [6.07, 6.45) is 1.11. The second kappa shape index (κ2) is 3.21. The standard InChI is InChI=1S/C8H10F3N/c1-6-2-4-7(5-3-6)12-8(9,10)11/h2,4-6,12H,3H2,1H3. The Bertz CT molecular complexity index is 215. The van der Waals surface area contributed by atoms with Gasteiger partial charge in [0.25, 0.3) is 0 Å². The van der Waals surface area contributed by atoms with Gasteiger partial charge in [-0.25, -0.2) is 0 Å². The van der Waals surface area contributed by atoms with Crippen LogP contribution in [0, 0.1) is 5.92 Å². The smallest absolute Gasteiger partial charge is 0.298 e. The fourth-order valence-corrected chi connectivity index (χ4v) is 0.984. The minimum atomic E-state index is -4.32. The molecule has 0 fully saturated rings. The molecule has 0 aromatic rings. The Morgan fingerprint density at radius 3 is 2.58 bits per heavy atom. The quantitative estimate of drug-likeness (QED) is 0.607. The maximum atomic E-state index is 11.8. The van der Waals surface area contributed by atoms with Gasteiger partial charge in [0.1, 0.15) is 0 Å². The lowest BCUT2D eigenvalue weighted by Crippen LogP contribution is -2.30. The first kappa shape index (κ1) is 9.16. The van der Waals surface area contributed by atoms with Crippen molar-refractivity contribution in [2.75, 3.05) is 0 Å². The van der Waals surface area contributed by atoms with Crippen LogP contribution in [0.15, 0.2) is 23.9 Å². The van der Waals surface area contributed by atoms with Gasteiger partial charge >= 0.3 is 6.30 Å². The Hall–Kier alpha value is -0.930. The van der Waals surface area contributed by atoms with Crippen LogP contribution in [-0.2, 0) is 0 Å². The van der Waals surface area contributed by atoms with E-state index in [4.69, 9.17) is 0 Å². The van der Waals surface area contributed by atoms with Crippen molar-refractivity contribution in [3.63, 3.8) is 0 Å². The molecule has 0 aromatic carbocycles. The lowest BCUT2D eigenvalue weighted by Gasteiger charge is -2.15. The van der Waals surface area contributed by atoms with E-state index in [0.29, 0.717) is 12.3 Å². The van der Waals surface area contributed by atoms with Crippen molar-refractivity contribution >= 4 is 0 Å². The van der Waals surface area contributed by atoms with Gasteiger partial charge in [0.15, 0.2) is 0 Å². The normalized spacial score (nSPS) is 23.7. The van der Waals surface area contributed by atoms with E-state index in [1.807, 2.05) is 6.92 Å². The van der Waals surface area contributed by atoms with Gasteiger partial charge in [-0.1, -0.05) is 19.1 Å². The maximum absolute atomic E-state index is 11.8. The van der Waals surface area contributed by atoms with Crippen LogP contribution in [0.1, 0.15) is 13.3 Å². The summed E-state index contributed by atoms with van der Waals surface area (Å²) in [5.74, 6) is 0.337. The zero-order valence-corrected chi connectivity index (χ0v) is 6.65. The first-order valence-corrected chi connectivity index (χ1v) is 3.70. The van der Waals surface area contributed by atoms with Crippen LogP contribution in [0.2, 0.25) is 0 Å².